The van der Waals surface area contributed by atoms with Gasteiger partial charge in [0.05, 0.1) is 16.8 Å². The Balaban J connectivity index is 1.87. The Morgan fingerprint density at radius 3 is 2.68 bits per heavy atom. The van der Waals surface area contributed by atoms with Crippen LogP contribution in [0.2, 0.25) is 0 Å². The maximum Gasteiger partial charge on any atom is 0.335 e. The minimum Gasteiger partial charge on any atom is -0.478 e. The molecule has 0 aliphatic carbocycles. The molecule has 0 amide bonds. The van der Waals surface area contributed by atoms with Gasteiger partial charge in [-0.25, -0.2) is 4.79 Å². The zero-order valence-corrected chi connectivity index (χ0v) is 16.0. The first-order valence-corrected chi connectivity index (χ1v) is 9.95. The molecule has 0 radical (unpaired) electrons. The fourth-order valence-corrected chi connectivity index (χ4v) is 3.89. The molecule has 2 heterocycles. The van der Waals surface area contributed by atoms with Crippen molar-refractivity contribution >= 4 is 23.4 Å². The largest absolute Gasteiger partial charge is 0.478 e. The number of hydrogen-bond acceptors (Lipinski definition) is 5. The molecule has 1 atom stereocenters. The van der Waals surface area contributed by atoms with Gasteiger partial charge in [0.2, 0.25) is 5.16 Å². The second-order valence-corrected chi connectivity index (χ2v) is 7.50. The molecule has 1 aromatic heterocycles. The molecular formula is C20H19N4O3S+. The first-order valence-electron chi connectivity index (χ1n) is 8.96. The highest BCUT2D eigenvalue weighted by molar-refractivity contribution is 7.99. The summed E-state index contributed by atoms with van der Waals surface area (Å²) in [6.45, 7) is 2.07. The van der Waals surface area contributed by atoms with Crippen molar-refractivity contribution in [3.05, 3.63) is 70.0 Å². The van der Waals surface area contributed by atoms with Gasteiger partial charge in [0, 0.05) is 16.4 Å². The van der Waals surface area contributed by atoms with Gasteiger partial charge in [0.1, 0.15) is 0 Å². The van der Waals surface area contributed by atoms with E-state index in [0.29, 0.717) is 10.9 Å². The number of aromatic amines is 1. The van der Waals surface area contributed by atoms with Crippen LogP contribution in [-0.2, 0) is 0 Å². The van der Waals surface area contributed by atoms with E-state index in [-0.39, 0.29) is 11.1 Å². The van der Waals surface area contributed by atoms with Crippen LogP contribution in [0.15, 0.2) is 58.5 Å². The normalized spacial score (nSPS) is 14.7. The summed E-state index contributed by atoms with van der Waals surface area (Å²) in [5.41, 5.74) is 2.91. The molecule has 142 valence electrons. The number of carbonyl (C=O) groups is 1. The van der Waals surface area contributed by atoms with E-state index in [4.69, 9.17) is 5.11 Å². The van der Waals surface area contributed by atoms with Gasteiger partial charge in [0.15, 0.2) is 0 Å². The van der Waals surface area contributed by atoms with E-state index < -0.39 is 12.1 Å². The molecule has 7 nitrogen and oxygen atoms in total. The third kappa shape index (κ3) is 3.27. The van der Waals surface area contributed by atoms with E-state index in [0.717, 1.165) is 29.0 Å². The van der Waals surface area contributed by atoms with Gasteiger partial charge in [0.25, 0.3) is 6.17 Å². The first kappa shape index (κ1) is 18.2. The summed E-state index contributed by atoms with van der Waals surface area (Å²) in [6, 6.07) is 14.2. The number of fused-ring (bicyclic) bond motifs is 3. The SMILES string of the molecule is CCCSc1n[n+]2c(c(=O)[nH]1)-c1ccccc1N[C@@H]2c1ccc(C(=O)O)cc1. The van der Waals surface area contributed by atoms with Crippen LogP contribution in [0.5, 0.6) is 0 Å². The van der Waals surface area contributed by atoms with E-state index in [1.165, 1.54) is 11.8 Å². The van der Waals surface area contributed by atoms with Crippen molar-refractivity contribution in [1.82, 2.24) is 10.1 Å². The summed E-state index contributed by atoms with van der Waals surface area (Å²) in [4.78, 5) is 26.9. The molecule has 0 spiro atoms. The molecule has 0 bridgehead atoms. The van der Waals surface area contributed by atoms with E-state index in [9.17, 15) is 9.59 Å². The number of anilines is 1. The average molecular weight is 395 g/mol. The fraction of sp³-hybridized carbons (Fsp3) is 0.200. The summed E-state index contributed by atoms with van der Waals surface area (Å²) in [5, 5.41) is 17.8. The lowest BCUT2D eigenvalue weighted by Crippen LogP contribution is -2.55. The van der Waals surface area contributed by atoms with E-state index in [1.54, 1.807) is 28.9 Å². The highest BCUT2D eigenvalue weighted by atomic mass is 32.2. The third-order valence-corrected chi connectivity index (χ3v) is 5.57. The standard InChI is InChI=1S/C20H18N4O3S/c1-2-11-28-20-22-18(25)16-14-5-3-4-6-15(14)21-17(24(16)23-20)12-7-9-13(10-8-12)19(26)27/h3-10,17H,2,11H2,1H3,(H2,22,23,25,26,27)/p+1/t17-/m0/s1. The summed E-state index contributed by atoms with van der Waals surface area (Å²) in [7, 11) is 0. The second kappa shape index (κ2) is 7.47. The Bertz CT molecular complexity index is 1100. The quantitative estimate of drug-likeness (QED) is 0.454. The van der Waals surface area contributed by atoms with Crippen molar-refractivity contribution < 1.29 is 14.6 Å². The number of benzene rings is 2. The molecule has 3 N–H and O–H groups in total. The molecule has 0 saturated heterocycles. The number of rotatable bonds is 5. The number of carboxylic acid groups (broad SMARTS) is 1. The fourth-order valence-electron chi connectivity index (χ4n) is 3.19. The maximum absolute atomic E-state index is 12.9. The van der Waals surface area contributed by atoms with Crippen LogP contribution in [0, 0.1) is 0 Å². The minimum absolute atomic E-state index is 0.199. The molecule has 0 unspecified atom stereocenters. The number of para-hydroxylation sites is 1. The Kier molecular flexibility index (Phi) is 4.87. The number of aromatic nitrogens is 3. The maximum atomic E-state index is 12.9. The molecule has 1 aliphatic heterocycles. The predicted octanol–water partition coefficient (Wildman–Crippen LogP) is 2.90. The highest BCUT2D eigenvalue weighted by Gasteiger charge is 2.37. The van der Waals surface area contributed by atoms with Crippen molar-refractivity contribution in [3.63, 3.8) is 0 Å². The van der Waals surface area contributed by atoms with Gasteiger partial charge in [-0.1, -0.05) is 30.8 Å². The lowest BCUT2D eigenvalue weighted by atomic mass is 10.0. The number of hydrogen-bond donors (Lipinski definition) is 3. The van der Waals surface area contributed by atoms with Crippen LogP contribution < -0.4 is 15.6 Å². The van der Waals surface area contributed by atoms with Crippen molar-refractivity contribution in [3.8, 4) is 11.3 Å². The zero-order chi connectivity index (χ0) is 19.7. The number of nitrogens with zero attached hydrogens (tertiary/aromatic N) is 2. The molecule has 0 saturated carbocycles. The van der Waals surface area contributed by atoms with E-state index in [2.05, 4.69) is 22.3 Å². The van der Waals surface area contributed by atoms with Gasteiger partial charge in [-0.2, -0.15) is 0 Å². The number of carboxylic acids is 1. The Morgan fingerprint density at radius 1 is 1.21 bits per heavy atom. The summed E-state index contributed by atoms with van der Waals surface area (Å²) in [6.07, 6.45) is 0.549. The van der Waals surface area contributed by atoms with Crippen LogP contribution >= 0.6 is 11.8 Å². The zero-order valence-electron chi connectivity index (χ0n) is 15.2. The second-order valence-electron chi connectivity index (χ2n) is 6.42. The number of thioether (sulfide) groups is 1. The van der Waals surface area contributed by atoms with Crippen molar-refractivity contribution in [2.75, 3.05) is 11.1 Å². The van der Waals surface area contributed by atoms with Gasteiger partial charge >= 0.3 is 17.2 Å². The lowest BCUT2D eigenvalue weighted by Gasteiger charge is -2.22. The van der Waals surface area contributed by atoms with Gasteiger partial charge in [-0.15, -0.1) is 0 Å². The molecule has 8 heteroatoms. The monoisotopic (exact) mass is 395 g/mol. The highest BCUT2D eigenvalue weighted by Crippen LogP contribution is 2.31. The van der Waals surface area contributed by atoms with Crippen LogP contribution in [-0.4, -0.2) is 26.9 Å². The Hall–Kier alpha value is -3.13. The Labute approximate surface area is 165 Å². The summed E-state index contributed by atoms with van der Waals surface area (Å²) < 4.78 is 1.69. The topological polar surface area (TPSA) is 99.0 Å². The molecule has 28 heavy (non-hydrogen) atoms. The van der Waals surface area contributed by atoms with Crippen LogP contribution in [0.1, 0.15) is 35.4 Å². The smallest absolute Gasteiger partial charge is 0.335 e. The summed E-state index contributed by atoms with van der Waals surface area (Å²) in [5.74, 6) is -0.126. The van der Waals surface area contributed by atoms with Gasteiger partial charge in [-0.3, -0.25) is 9.78 Å². The molecular weight excluding hydrogens is 376 g/mol. The molecule has 1 aliphatic rings. The predicted molar refractivity (Wildman–Crippen MR) is 107 cm³/mol. The minimum atomic E-state index is -0.977. The summed E-state index contributed by atoms with van der Waals surface area (Å²) >= 11 is 1.50. The first-order chi connectivity index (χ1) is 13.6. The van der Waals surface area contributed by atoms with Gasteiger partial charge < -0.3 is 10.4 Å². The van der Waals surface area contributed by atoms with Crippen LogP contribution in [0.25, 0.3) is 11.3 Å². The Morgan fingerprint density at radius 2 is 1.96 bits per heavy atom. The van der Waals surface area contributed by atoms with Crippen LogP contribution in [0.3, 0.4) is 0 Å². The van der Waals surface area contributed by atoms with Crippen molar-refractivity contribution in [1.29, 1.82) is 0 Å². The molecule has 4 rings (SSSR count). The molecule has 3 aromatic rings. The third-order valence-electron chi connectivity index (χ3n) is 4.50. The van der Waals surface area contributed by atoms with Crippen molar-refractivity contribution in [2.24, 2.45) is 0 Å². The van der Waals surface area contributed by atoms with E-state index in [1.807, 2.05) is 24.3 Å². The average Bonchev–Trinajstić information content (AvgIpc) is 2.71. The number of aromatic carboxylic acids is 1. The lowest BCUT2D eigenvalue weighted by molar-refractivity contribution is -0.759. The van der Waals surface area contributed by atoms with E-state index >= 15 is 0 Å². The number of nitrogens with one attached hydrogen (secondary N) is 2. The van der Waals surface area contributed by atoms with Crippen molar-refractivity contribution in [2.45, 2.75) is 24.7 Å². The van der Waals surface area contributed by atoms with Crippen LogP contribution in [0.4, 0.5) is 5.69 Å². The molecule has 0 fully saturated rings. The number of H-pyrrole nitrogens is 1. The molecule has 2 aromatic carbocycles. The van der Waals surface area contributed by atoms with Gasteiger partial charge in [-0.05, 0) is 47.5 Å².